The van der Waals surface area contributed by atoms with Gasteiger partial charge in [-0.15, -0.1) is 0 Å². The Balaban J connectivity index is 1.63. The van der Waals surface area contributed by atoms with E-state index in [1.54, 1.807) is 36.4 Å². The second kappa shape index (κ2) is 7.57. The second-order valence-corrected chi connectivity index (χ2v) is 7.71. The molecule has 136 valence electrons. The van der Waals surface area contributed by atoms with E-state index in [2.05, 4.69) is 15.4 Å². The lowest BCUT2D eigenvalue weighted by Crippen LogP contribution is -2.37. The van der Waals surface area contributed by atoms with E-state index in [4.69, 9.17) is 0 Å². The second-order valence-electron chi connectivity index (χ2n) is 6.02. The van der Waals surface area contributed by atoms with E-state index in [0.29, 0.717) is 0 Å². The van der Waals surface area contributed by atoms with Gasteiger partial charge in [0.2, 0.25) is 5.91 Å². The van der Waals surface area contributed by atoms with Gasteiger partial charge in [-0.2, -0.15) is 0 Å². The third-order valence-electron chi connectivity index (χ3n) is 3.78. The molecule has 3 rings (SSSR count). The molecule has 8 heteroatoms. The van der Waals surface area contributed by atoms with Crippen molar-refractivity contribution < 1.29 is 18.0 Å². The highest BCUT2D eigenvalue weighted by Gasteiger charge is 2.23. The molecular weight excluding hydrogens is 354 g/mol. The van der Waals surface area contributed by atoms with E-state index in [1.807, 2.05) is 0 Å². The zero-order chi connectivity index (χ0) is 18.6. The number of sulfonamides is 1. The molecule has 0 unspecified atom stereocenters. The number of benzene rings is 2. The molecule has 2 aromatic carbocycles. The molecular formula is C18H19N3O4S. The molecule has 0 bridgehead atoms. The maximum absolute atomic E-state index is 12.3. The predicted molar refractivity (Wildman–Crippen MR) is 97.2 cm³/mol. The number of rotatable bonds is 7. The molecule has 3 N–H and O–H groups in total. The number of hydrogen-bond donors (Lipinski definition) is 3. The lowest BCUT2D eigenvalue weighted by molar-refractivity contribution is -0.120. The number of hydrogen-bond acceptors (Lipinski definition) is 4. The zero-order valence-corrected chi connectivity index (χ0v) is 14.8. The van der Waals surface area contributed by atoms with Crippen molar-refractivity contribution in [2.75, 3.05) is 11.3 Å². The summed E-state index contributed by atoms with van der Waals surface area (Å²) in [6.07, 6.45) is 1.95. The van der Waals surface area contributed by atoms with Crippen molar-refractivity contribution in [2.24, 2.45) is 0 Å². The van der Waals surface area contributed by atoms with Crippen LogP contribution < -0.4 is 15.4 Å². The fourth-order valence-corrected chi connectivity index (χ4v) is 3.38. The molecule has 1 aliphatic rings. The van der Waals surface area contributed by atoms with Gasteiger partial charge in [0.15, 0.2) is 0 Å². The monoisotopic (exact) mass is 373 g/mol. The Bertz CT molecular complexity index is 909. The summed E-state index contributed by atoms with van der Waals surface area (Å²) in [5, 5.41) is 5.30. The summed E-state index contributed by atoms with van der Waals surface area (Å²) in [5.41, 5.74) is 0.529. The van der Waals surface area contributed by atoms with Gasteiger partial charge in [-0.25, -0.2) is 8.42 Å². The molecule has 1 aliphatic carbocycles. The highest BCUT2D eigenvalue weighted by molar-refractivity contribution is 7.92. The quantitative estimate of drug-likeness (QED) is 0.684. The SMILES string of the molecule is O=C(CNC(=O)c1cccc(NS(=O)(=O)c2ccccc2)c1)NC1CC1. The zero-order valence-electron chi connectivity index (χ0n) is 13.9. The van der Waals surface area contributed by atoms with Gasteiger partial charge in [-0.1, -0.05) is 24.3 Å². The van der Waals surface area contributed by atoms with Crippen LogP contribution in [-0.2, 0) is 14.8 Å². The lowest BCUT2D eigenvalue weighted by atomic mass is 10.2. The summed E-state index contributed by atoms with van der Waals surface area (Å²) in [6, 6.07) is 14.3. The van der Waals surface area contributed by atoms with Crippen LogP contribution in [0.3, 0.4) is 0 Å². The smallest absolute Gasteiger partial charge is 0.261 e. The topological polar surface area (TPSA) is 104 Å². The van der Waals surface area contributed by atoms with Gasteiger partial charge in [-0.3, -0.25) is 14.3 Å². The Hall–Kier alpha value is -2.87. The first-order valence-corrected chi connectivity index (χ1v) is 9.68. The molecule has 0 saturated heterocycles. The van der Waals surface area contributed by atoms with Gasteiger partial charge >= 0.3 is 0 Å². The molecule has 0 heterocycles. The highest BCUT2D eigenvalue weighted by atomic mass is 32.2. The van der Waals surface area contributed by atoms with Crippen LogP contribution in [-0.4, -0.2) is 32.8 Å². The largest absolute Gasteiger partial charge is 0.352 e. The van der Waals surface area contributed by atoms with E-state index in [9.17, 15) is 18.0 Å². The minimum atomic E-state index is -3.73. The number of nitrogens with one attached hydrogen (secondary N) is 3. The van der Waals surface area contributed by atoms with Crippen molar-refractivity contribution in [3.63, 3.8) is 0 Å². The summed E-state index contributed by atoms with van der Waals surface area (Å²) >= 11 is 0. The Kier molecular flexibility index (Phi) is 5.22. The van der Waals surface area contributed by atoms with Gasteiger partial charge < -0.3 is 10.6 Å². The van der Waals surface area contributed by atoms with Crippen LogP contribution in [0.2, 0.25) is 0 Å². The average Bonchev–Trinajstić information content (AvgIpc) is 3.44. The molecule has 0 radical (unpaired) electrons. The normalized spacial score (nSPS) is 13.7. The molecule has 2 aromatic rings. The molecule has 0 atom stereocenters. The van der Waals surface area contributed by atoms with Gasteiger partial charge in [0, 0.05) is 17.3 Å². The van der Waals surface area contributed by atoms with Crippen LogP contribution in [0, 0.1) is 0 Å². The van der Waals surface area contributed by atoms with Crippen molar-refractivity contribution in [1.82, 2.24) is 10.6 Å². The standard InChI is InChI=1S/C18H19N3O4S/c22-17(20-14-9-10-14)12-19-18(23)13-5-4-6-15(11-13)21-26(24,25)16-7-2-1-3-8-16/h1-8,11,14,21H,9-10,12H2,(H,19,23)(H,20,22). The third kappa shape index (κ3) is 4.82. The van der Waals surface area contributed by atoms with Crippen LogP contribution >= 0.6 is 0 Å². The summed E-state index contributed by atoms with van der Waals surface area (Å²) < 4.78 is 27.1. The average molecular weight is 373 g/mol. The predicted octanol–water partition coefficient (Wildman–Crippen LogP) is 1.50. The fourth-order valence-electron chi connectivity index (χ4n) is 2.31. The first kappa shape index (κ1) is 17.9. The molecule has 0 aliphatic heterocycles. The van der Waals surface area contributed by atoms with Crippen LogP contribution in [0.1, 0.15) is 23.2 Å². The van der Waals surface area contributed by atoms with Crippen molar-refractivity contribution in [2.45, 2.75) is 23.8 Å². The Morgan fingerprint density at radius 2 is 1.73 bits per heavy atom. The van der Waals surface area contributed by atoms with Crippen molar-refractivity contribution in [3.05, 3.63) is 60.2 Å². The summed E-state index contributed by atoms with van der Waals surface area (Å²) in [6.45, 7) is -0.116. The van der Waals surface area contributed by atoms with Crippen molar-refractivity contribution >= 4 is 27.5 Å². The third-order valence-corrected chi connectivity index (χ3v) is 5.18. The number of anilines is 1. The van der Waals surface area contributed by atoms with Crippen LogP contribution in [0.5, 0.6) is 0 Å². The minimum Gasteiger partial charge on any atom is -0.352 e. The van der Waals surface area contributed by atoms with E-state index >= 15 is 0 Å². The Morgan fingerprint density at radius 1 is 1.00 bits per heavy atom. The molecule has 0 aromatic heterocycles. The molecule has 26 heavy (non-hydrogen) atoms. The van der Waals surface area contributed by atoms with Gasteiger partial charge in [0.1, 0.15) is 0 Å². The van der Waals surface area contributed by atoms with E-state index in [1.165, 1.54) is 18.2 Å². The fraction of sp³-hybridized carbons (Fsp3) is 0.222. The number of amides is 2. The van der Waals surface area contributed by atoms with Crippen LogP contribution in [0.15, 0.2) is 59.5 Å². The summed E-state index contributed by atoms with van der Waals surface area (Å²) in [7, 11) is -3.73. The molecule has 0 spiro atoms. The van der Waals surface area contributed by atoms with Crippen molar-refractivity contribution in [1.29, 1.82) is 0 Å². The molecule has 1 fully saturated rings. The Morgan fingerprint density at radius 3 is 2.42 bits per heavy atom. The Labute approximate surface area is 151 Å². The van der Waals surface area contributed by atoms with Crippen LogP contribution in [0.4, 0.5) is 5.69 Å². The van der Waals surface area contributed by atoms with Gasteiger partial charge in [0.25, 0.3) is 15.9 Å². The molecule has 1 saturated carbocycles. The first-order valence-electron chi connectivity index (χ1n) is 8.19. The highest BCUT2D eigenvalue weighted by Crippen LogP contribution is 2.18. The maximum Gasteiger partial charge on any atom is 0.261 e. The van der Waals surface area contributed by atoms with Crippen LogP contribution in [0.25, 0.3) is 0 Å². The minimum absolute atomic E-state index is 0.116. The van der Waals surface area contributed by atoms with E-state index in [0.717, 1.165) is 12.8 Å². The van der Waals surface area contributed by atoms with E-state index < -0.39 is 15.9 Å². The molecule has 2 amide bonds. The lowest BCUT2D eigenvalue weighted by Gasteiger charge is -2.10. The summed E-state index contributed by atoms with van der Waals surface area (Å²) in [5.74, 6) is -0.682. The molecule has 7 nitrogen and oxygen atoms in total. The van der Waals surface area contributed by atoms with E-state index in [-0.39, 0.29) is 34.6 Å². The van der Waals surface area contributed by atoms with Gasteiger partial charge in [-0.05, 0) is 43.2 Å². The summed E-state index contributed by atoms with van der Waals surface area (Å²) in [4.78, 5) is 23.9. The van der Waals surface area contributed by atoms with Gasteiger partial charge in [0.05, 0.1) is 11.4 Å². The number of carbonyl (C=O) groups excluding carboxylic acids is 2. The maximum atomic E-state index is 12.3. The van der Waals surface area contributed by atoms with Crippen molar-refractivity contribution in [3.8, 4) is 0 Å². The number of carbonyl (C=O) groups is 2. The first-order chi connectivity index (χ1) is 12.4.